The first-order valence-electron chi connectivity index (χ1n) is 11.9. The first kappa shape index (κ1) is 22.6. The third-order valence-electron chi connectivity index (χ3n) is 7.30. The molecule has 3 heterocycles. The Morgan fingerprint density at radius 2 is 1.82 bits per heavy atom. The topological polar surface area (TPSA) is 33.1 Å². The van der Waals surface area contributed by atoms with Crippen LogP contribution in [0.1, 0.15) is 78.4 Å². The number of thiocarbonyl (C=S) groups is 1. The number of aromatic nitrogens is 2. The van der Waals surface area contributed by atoms with E-state index in [-0.39, 0.29) is 12.1 Å². The monoisotopic (exact) mass is 522 g/mol. The Labute approximate surface area is 210 Å². The second-order valence-corrected chi connectivity index (χ2v) is 10.7. The van der Waals surface area contributed by atoms with Crippen LogP contribution in [0.2, 0.25) is 0 Å². The molecule has 172 valence electrons. The van der Waals surface area contributed by atoms with Crippen LogP contribution in [0.4, 0.5) is 5.69 Å². The number of aryl methyl sites for hydroxylation is 2. The van der Waals surface area contributed by atoms with Gasteiger partial charge in [0.05, 0.1) is 17.8 Å². The molecule has 2 fully saturated rings. The van der Waals surface area contributed by atoms with Crippen molar-refractivity contribution < 1.29 is 0 Å². The molecule has 1 saturated heterocycles. The van der Waals surface area contributed by atoms with Crippen LogP contribution in [0.25, 0.3) is 0 Å². The molecule has 1 N–H and O–H groups in total. The summed E-state index contributed by atoms with van der Waals surface area (Å²) in [7, 11) is 0. The average molecular weight is 524 g/mol. The molecule has 0 spiro atoms. The second kappa shape index (κ2) is 9.22. The van der Waals surface area contributed by atoms with Gasteiger partial charge in [0, 0.05) is 33.8 Å². The maximum Gasteiger partial charge on any atom is 0.174 e. The molecule has 0 radical (unpaired) electrons. The number of benzene rings is 1. The van der Waals surface area contributed by atoms with E-state index in [1.807, 2.05) is 12.3 Å². The number of halogens is 1. The number of pyridine rings is 1. The summed E-state index contributed by atoms with van der Waals surface area (Å²) in [5.41, 5.74) is 7.36. The van der Waals surface area contributed by atoms with Crippen molar-refractivity contribution in [2.24, 2.45) is 0 Å². The first-order chi connectivity index (χ1) is 16.0. The fourth-order valence-corrected chi connectivity index (χ4v) is 6.32. The molecule has 2 atom stereocenters. The van der Waals surface area contributed by atoms with Gasteiger partial charge in [-0.25, -0.2) is 0 Å². The van der Waals surface area contributed by atoms with Gasteiger partial charge < -0.3 is 14.8 Å². The van der Waals surface area contributed by atoms with Crippen molar-refractivity contribution in [3.63, 3.8) is 0 Å². The average Bonchev–Trinajstić information content (AvgIpc) is 3.32. The SMILES string of the molecule is Cc1cc(N2C(=S)NC(c3ccccn3)C2c2cc(C)n(C3CCCCC3)c2C)ccc1Br. The van der Waals surface area contributed by atoms with E-state index >= 15 is 0 Å². The van der Waals surface area contributed by atoms with Gasteiger partial charge in [-0.2, -0.15) is 0 Å². The van der Waals surface area contributed by atoms with Gasteiger partial charge in [0.1, 0.15) is 0 Å². The van der Waals surface area contributed by atoms with Crippen molar-refractivity contribution in [2.45, 2.75) is 71.0 Å². The van der Waals surface area contributed by atoms with Gasteiger partial charge in [-0.3, -0.25) is 4.98 Å². The number of nitrogens with one attached hydrogen (secondary N) is 1. The molecule has 4 nitrogen and oxygen atoms in total. The smallest absolute Gasteiger partial charge is 0.174 e. The molecule has 1 saturated carbocycles. The number of hydrogen-bond acceptors (Lipinski definition) is 2. The lowest BCUT2D eigenvalue weighted by atomic mass is 9.94. The van der Waals surface area contributed by atoms with Gasteiger partial charge >= 0.3 is 0 Å². The van der Waals surface area contributed by atoms with E-state index in [1.165, 1.54) is 54.6 Å². The molecule has 6 heteroatoms. The minimum atomic E-state index is -0.0111. The highest BCUT2D eigenvalue weighted by atomic mass is 79.9. The van der Waals surface area contributed by atoms with Crippen LogP contribution in [0.5, 0.6) is 0 Å². The van der Waals surface area contributed by atoms with Crippen LogP contribution < -0.4 is 10.2 Å². The first-order valence-corrected chi connectivity index (χ1v) is 13.1. The van der Waals surface area contributed by atoms with Gasteiger partial charge in [-0.15, -0.1) is 0 Å². The quantitative estimate of drug-likeness (QED) is 0.365. The van der Waals surface area contributed by atoms with Crippen LogP contribution in [0.15, 0.2) is 53.1 Å². The third kappa shape index (κ3) is 4.12. The van der Waals surface area contributed by atoms with Crippen LogP contribution in [0, 0.1) is 20.8 Å². The van der Waals surface area contributed by atoms with Crippen LogP contribution in [-0.2, 0) is 0 Å². The van der Waals surface area contributed by atoms with Crippen molar-refractivity contribution >= 4 is 38.9 Å². The summed E-state index contributed by atoms with van der Waals surface area (Å²) in [5.74, 6) is 0. The van der Waals surface area contributed by atoms with E-state index < -0.39 is 0 Å². The highest BCUT2D eigenvalue weighted by Gasteiger charge is 2.42. The van der Waals surface area contributed by atoms with Crippen molar-refractivity contribution in [3.05, 3.63) is 81.3 Å². The maximum absolute atomic E-state index is 5.93. The summed E-state index contributed by atoms with van der Waals surface area (Å²) in [5, 5.41) is 4.36. The zero-order valence-electron chi connectivity index (χ0n) is 19.5. The van der Waals surface area contributed by atoms with Gasteiger partial charge in [0.15, 0.2) is 5.11 Å². The highest BCUT2D eigenvalue weighted by Crippen LogP contribution is 2.45. The number of rotatable bonds is 4. The molecule has 0 amide bonds. The summed E-state index contributed by atoms with van der Waals surface area (Å²) in [6.07, 6.45) is 8.43. The van der Waals surface area contributed by atoms with Gasteiger partial charge in [-0.05, 0) is 93.4 Å². The lowest BCUT2D eigenvalue weighted by Crippen LogP contribution is -2.29. The van der Waals surface area contributed by atoms with Crippen molar-refractivity contribution in [1.29, 1.82) is 0 Å². The highest BCUT2D eigenvalue weighted by molar-refractivity contribution is 9.10. The lowest BCUT2D eigenvalue weighted by Gasteiger charge is -2.30. The number of nitrogens with zero attached hydrogens (tertiary/aromatic N) is 3. The summed E-state index contributed by atoms with van der Waals surface area (Å²) in [4.78, 5) is 7.01. The summed E-state index contributed by atoms with van der Waals surface area (Å²) in [6.45, 7) is 6.68. The minimum Gasteiger partial charge on any atom is -0.351 e. The molecule has 3 aromatic rings. The van der Waals surface area contributed by atoms with Crippen LogP contribution >= 0.6 is 28.1 Å². The van der Waals surface area contributed by atoms with Crippen molar-refractivity contribution in [1.82, 2.24) is 14.9 Å². The Kier molecular flexibility index (Phi) is 6.32. The summed E-state index contributed by atoms with van der Waals surface area (Å²) >= 11 is 9.58. The fraction of sp³-hybridized carbons (Fsp3) is 0.407. The molecule has 0 bridgehead atoms. The molecule has 1 aliphatic carbocycles. The molecular formula is C27H31BrN4S. The molecule has 1 aromatic carbocycles. The fourth-order valence-electron chi connectivity index (χ4n) is 5.73. The molecule has 2 unspecified atom stereocenters. The summed E-state index contributed by atoms with van der Waals surface area (Å²) in [6, 6.07) is 15.6. The summed E-state index contributed by atoms with van der Waals surface area (Å²) < 4.78 is 3.70. The molecule has 2 aromatic heterocycles. The lowest BCUT2D eigenvalue weighted by molar-refractivity contribution is 0.345. The third-order valence-corrected chi connectivity index (χ3v) is 8.50. The minimum absolute atomic E-state index is 0.0111. The number of hydrogen-bond donors (Lipinski definition) is 1. The van der Waals surface area contributed by atoms with E-state index in [4.69, 9.17) is 17.2 Å². The molecular weight excluding hydrogens is 492 g/mol. The van der Waals surface area contributed by atoms with Crippen molar-refractivity contribution in [3.8, 4) is 0 Å². The van der Waals surface area contributed by atoms with Crippen LogP contribution in [0.3, 0.4) is 0 Å². The predicted molar refractivity (Wildman–Crippen MR) is 143 cm³/mol. The van der Waals surface area contributed by atoms with Gasteiger partial charge in [0.2, 0.25) is 0 Å². The maximum atomic E-state index is 5.93. The second-order valence-electron chi connectivity index (χ2n) is 9.42. The number of anilines is 1. The Hall–Kier alpha value is -2.18. The standard InChI is InChI=1S/C27H31BrN4S/c1-17-15-21(12-13-23(17)28)32-26(25(30-27(32)33)24-11-7-8-14-29-24)22-16-18(2)31(19(22)3)20-9-5-4-6-10-20/h7-8,11-16,20,25-26H,4-6,9-10H2,1-3H3,(H,30,33). The Bertz CT molecular complexity index is 1170. The van der Waals surface area contributed by atoms with E-state index in [1.54, 1.807) is 0 Å². The normalized spacial score (nSPS) is 21.5. The van der Waals surface area contributed by atoms with E-state index in [2.05, 4.69) is 87.9 Å². The van der Waals surface area contributed by atoms with E-state index in [0.29, 0.717) is 6.04 Å². The molecule has 2 aliphatic rings. The molecule has 1 aliphatic heterocycles. The molecule has 33 heavy (non-hydrogen) atoms. The zero-order chi connectivity index (χ0) is 23.1. The Morgan fingerprint density at radius 3 is 2.52 bits per heavy atom. The Morgan fingerprint density at radius 1 is 1.03 bits per heavy atom. The van der Waals surface area contributed by atoms with Gasteiger partial charge in [-0.1, -0.05) is 41.3 Å². The van der Waals surface area contributed by atoms with Crippen LogP contribution in [-0.4, -0.2) is 14.7 Å². The molecule has 5 rings (SSSR count). The van der Waals surface area contributed by atoms with E-state index in [9.17, 15) is 0 Å². The van der Waals surface area contributed by atoms with Gasteiger partial charge in [0.25, 0.3) is 0 Å². The van der Waals surface area contributed by atoms with E-state index in [0.717, 1.165) is 21.0 Å². The predicted octanol–water partition coefficient (Wildman–Crippen LogP) is 7.25. The zero-order valence-corrected chi connectivity index (χ0v) is 21.9. The largest absolute Gasteiger partial charge is 0.351 e. The van der Waals surface area contributed by atoms with Crippen molar-refractivity contribution in [2.75, 3.05) is 4.90 Å². The Balaban J connectivity index is 1.64.